The third-order valence-corrected chi connectivity index (χ3v) is 6.71. The zero-order valence-electron chi connectivity index (χ0n) is 14.5. The number of fused-ring (bicyclic) bond motifs is 3. The standard InChI is InChI=1S/C20H26N2O3/c23-19(21-16-11-14-5-6-17(16)25-14)22-18-15-4-2-1-3-13(15)12-20(18)7-9-24-10-8-20/h1-4,14,16-18H,5-12H2,(H2,21,22,23)/t14-,16+,17+,18?/m1/s1. The second-order valence-corrected chi connectivity index (χ2v) is 8.12. The number of hydrogen-bond acceptors (Lipinski definition) is 3. The Labute approximate surface area is 148 Å². The molecule has 25 heavy (non-hydrogen) atoms. The van der Waals surface area contributed by atoms with Crippen molar-refractivity contribution in [2.45, 2.75) is 62.8 Å². The first-order valence-corrected chi connectivity index (χ1v) is 9.62. The third kappa shape index (κ3) is 2.64. The van der Waals surface area contributed by atoms with Gasteiger partial charge in [-0.15, -0.1) is 0 Å². The van der Waals surface area contributed by atoms with Crippen LogP contribution >= 0.6 is 0 Å². The number of carbonyl (C=O) groups is 1. The van der Waals surface area contributed by atoms with Crippen LogP contribution in [0.1, 0.15) is 49.3 Å². The molecule has 0 radical (unpaired) electrons. The third-order valence-electron chi connectivity index (χ3n) is 6.71. The molecule has 2 bridgehead atoms. The molecule has 2 amide bonds. The van der Waals surface area contributed by atoms with Gasteiger partial charge in [-0.05, 0) is 49.7 Å². The molecule has 0 saturated carbocycles. The number of nitrogens with one attached hydrogen (secondary N) is 2. The molecule has 5 heteroatoms. The highest BCUT2D eigenvalue weighted by atomic mass is 16.5. The van der Waals surface area contributed by atoms with Crippen LogP contribution in [0, 0.1) is 5.41 Å². The van der Waals surface area contributed by atoms with E-state index in [9.17, 15) is 4.79 Å². The van der Waals surface area contributed by atoms with Crippen molar-refractivity contribution in [3.8, 4) is 0 Å². The second-order valence-electron chi connectivity index (χ2n) is 8.12. The Morgan fingerprint density at radius 3 is 2.72 bits per heavy atom. The molecule has 3 saturated heterocycles. The fourth-order valence-electron chi connectivity index (χ4n) is 5.39. The van der Waals surface area contributed by atoms with Crippen molar-refractivity contribution in [1.82, 2.24) is 10.6 Å². The molecule has 5 nitrogen and oxygen atoms in total. The lowest BCUT2D eigenvalue weighted by atomic mass is 9.74. The molecule has 2 N–H and O–H groups in total. The largest absolute Gasteiger partial charge is 0.381 e. The zero-order valence-corrected chi connectivity index (χ0v) is 14.5. The summed E-state index contributed by atoms with van der Waals surface area (Å²) in [7, 11) is 0. The molecule has 4 aliphatic rings. The van der Waals surface area contributed by atoms with Crippen LogP contribution in [0.5, 0.6) is 0 Å². The van der Waals surface area contributed by atoms with Crippen LogP contribution in [-0.2, 0) is 15.9 Å². The van der Waals surface area contributed by atoms with E-state index < -0.39 is 0 Å². The summed E-state index contributed by atoms with van der Waals surface area (Å²) in [6.45, 7) is 1.57. The van der Waals surface area contributed by atoms with Gasteiger partial charge in [-0.3, -0.25) is 0 Å². The maximum atomic E-state index is 12.8. The van der Waals surface area contributed by atoms with Gasteiger partial charge in [0.05, 0.1) is 24.3 Å². The first kappa shape index (κ1) is 15.6. The molecule has 1 unspecified atom stereocenters. The Hall–Kier alpha value is -1.59. The van der Waals surface area contributed by atoms with E-state index in [0.29, 0.717) is 6.10 Å². The van der Waals surface area contributed by atoms with E-state index in [1.165, 1.54) is 11.1 Å². The summed E-state index contributed by atoms with van der Waals surface area (Å²) >= 11 is 0. The van der Waals surface area contributed by atoms with Gasteiger partial charge in [-0.1, -0.05) is 24.3 Å². The molecular weight excluding hydrogens is 316 g/mol. The van der Waals surface area contributed by atoms with Gasteiger partial charge >= 0.3 is 6.03 Å². The molecule has 134 valence electrons. The van der Waals surface area contributed by atoms with Crippen molar-refractivity contribution >= 4 is 6.03 Å². The average molecular weight is 342 g/mol. The molecular formula is C20H26N2O3. The van der Waals surface area contributed by atoms with Crippen LogP contribution < -0.4 is 10.6 Å². The van der Waals surface area contributed by atoms with Crippen molar-refractivity contribution < 1.29 is 14.3 Å². The second kappa shape index (κ2) is 5.99. The van der Waals surface area contributed by atoms with E-state index in [1.807, 2.05) is 0 Å². The van der Waals surface area contributed by atoms with E-state index in [-0.39, 0.29) is 29.6 Å². The lowest BCUT2D eigenvalue weighted by molar-refractivity contribution is 0.00202. The van der Waals surface area contributed by atoms with Crippen molar-refractivity contribution in [1.29, 1.82) is 0 Å². The number of amides is 2. The quantitative estimate of drug-likeness (QED) is 0.869. The van der Waals surface area contributed by atoms with Gasteiger partial charge in [0, 0.05) is 18.6 Å². The minimum absolute atomic E-state index is 0.0475. The first-order chi connectivity index (χ1) is 12.2. The van der Waals surface area contributed by atoms with Crippen LogP contribution in [0.4, 0.5) is 4.79 Å². The molecule has 5 rings (SSSR count). The Kier molecular flexibility index (Phi) is 3.75. The summed E-state index contributed by atoms with van der Waals surface area (Å²) in [6, 6.07) is 8.75. The predicted molar refractivity (Wildman–Crippen MR) is 93.3 cm³/mol. The maximum absolute atomic E-state index is 12.8. The molecule has 3 heterocycles. The van der Waals surface area contributed by atoms with Gasteiger partial charge in [-0.2, -0.15) is 0 Å². The summed E-state index contributed by atoms with van der Waals surface area (Å²) in [5.74, 6) is 0. The van der Waals surface area contributed by atoms with Crippen LogP contribution in [0.25, 0.3) is 0 Å². The topological polar surface area (TPSA) is 59.6 Å². The zero-order chi connectivity index (χ0) is 16.9. The Morgan fingerprint density at radius 2 is 1.96 bits per heavy atom. The fourth-order valence-corrected chi connectivity index (χ4v) is 5.39. The van der Waals surface area contributed by atoms with E-state index in [2.05, 4.69) is 34.9 Å². The highest BCUT2D eigenvalue weighted by Crippen LogP contribution is 2.51. The predicted octanol–water partition coefficient (Wildman–Crippen LogP) is 2.70. The summed E-state index contributed by atoms with van der Waals surface area (Å²) in [5.41, 5.74) is 2.76. The molecule has 4 atom stereocenters. The minimum atomic E-state index is -0.0475. The molecule has 1 aliphatic carbocycles. The van der Waals surface area contributed by atoms with Crippen LogP contribution in [0.2, 0.25) is 0 Å². The number of hydrogen-bond donors (Lipinski definition) is 2. The van der Waals surface area contributed by atoms with Crippen molar-refractivity contribution in [2.75, 3.05) is 13.2 Å². The molecule has 1 aromatic rings. The lowest BCUT2D eigenvalue weighted by Crippen LogP contribution is -2.50. The van der Waals surface area contributed by atoms with Gasteiger partial charge in [0.1, 0.15) is 0 Å². The highest BCUT2D eigenvalue weighted by molar-refractivity contribution is 5.75. The van der Waals surface area contributed by atoms with Crippen molar-refractivity contribution in [3.63, 3.8) is 0 Å². The Bertz CT molecular complexity index is 671. The number of carbonyl (C=O) groups excluding carboxylic acids is 1. The van der Waals surface area contributed by atoms with Crippen LogP contribution in [-0.4, -0.2) is 37.5 Å². The normalized spacial score (nSPS) is 34.9. The summed E-state index contributed by atoms with van der Waals surface area (Å²) in [5, 5.41) is 6.50. The average Bonchev–Trinajstić information content (AvgIpc) is 3.30. The lowest BCUT2D eigenvalue weighted by Gasteiger charge is -2.39. The molecule has 3 aliphatic heterocycles. The Balaban J connectivity index is 1.34. The molecule has 1 spiro atoms. The monoisotopic (exact) mass is 342 g/mol. The van der Waals surface area contributed by atoms with Crippen LogP contribution in [0.3, 0.4) is 0 Å². The molecule has 1 aromatic carbocycles. The summed E-state index contributed by atoms with van der Waals surface area (Å²) in [4.78, 5) is 12.8. The highest BCUT2D eigenvalue weighted by Gasteiger charge is 2.48. The number of benzene rings is 1. The summed E-state index contributed by atoms with van der Waals surface area (Å²) < 4.78 is 11.5. The maximum Gasteiger partial charge on any atom is 0.315 e. The fraction of sp³-hybridized carbons (Fsp3) is 0.650. The van der Waals surface area contributed by atoms with Crippen LogP contribution in [0.15, 0.2) is 24.3 Å². The number of ether oxygens (including phenoxy) is 2. The summed E-state index contributed by atoms with van der Waals surface area (Å²) in [6.07, 6.45) is 6.78. The van der Waals surface area contributed by atoms with E-state index >= 15 is 0 Å². The molecule has 3 fully saturated rings. The number of urea groups is 1. The van der Waals surface area contributed by atoms with E-state index in [1.54, 1.807) is 0 Å². The smallest absolute Gasteiger partial charge is 0.315 e. The molecule has 0 aromatic heterocycles. The SMILES string of the molecule is O=C(NC1c2ccccc2CC12CCOCC2)N[C@H]1C[C@H]2CC[C@@H]1O2. The Morgan fingerprint density at radius 1 is 1.12 bits per heavy atom. The van der Waals surface area contributed by atoms with Gasteiger partial charge < -0.3 is 20.1 Å². The van der Waals surface area contributed by atoms with Gasteiger partial charge in [0.2, 0.25) is 0 Å². The van der Waals surface area contributed by atoms with E-state index in [0.717, 1.165) is 51.7 Å². The van der Waals surface area contributed by atoms with Crippen molar-refractivity contribution in [3.05, 3.63) is 35.4 Å². The first-order valence-electron chi connectivity index (χ1n) is 9.62. The minimum Gasteiger partial charge on any atom is -0.381 e. The van der Waals surface area contributed by atoms with E-state index in [4.69, 9.17) is 9.47 Å². The van der Waals surface area contributed by atoms with Crippen molar-refractivity contribution in [2.24, 2.45) is 5.41 Å². The number of rotatable bonds is 2. The van der Waals surface area contributed by atoms with Gasteiger partial charge in [0.15, 0.2) is 0 Å². The van der Waals surface area contributed by atoms with Gasteiger partial charge in [0.25, 0.3) is 0 Å². The van der Waals surface area contributed by atoms with Gasteiger partial charge in [-0.25, -0.2) is 4.79 Å².